The summed E-state index contributed by atoms with van der Waals surface area (Å²) < 4.78 is 6.92. The highest BCUT2D eigenvalue weighted by atomic mass is 35.5. The molecule has 0 aliphatic carbocycles. The average Bonchev–Trinajstić information content (AvgIpc) is 2.99. The van der Waals surface area contributed by atoms with Gasteiger partial charge in [0.2, 0.25) is 0 Å². The molecule has 0 saturated carbocycles. The largest absolute Gasteiger partial charge is 0.457 e. The Morgan fingerprint density at radius 1 is 1.29 bits per heavy atom. The lowest BCUT2D eigenvalue weighted by atomic mass is 10.1. The number of carbonyl (C=O) groups is 1. The number of para-hydroxylation sites is 1. The van der Waals surface area contributed by atoms with E-state index in [1.165, 1.54) is 18.2 Å². The first-order valence-corrected chi connectivity index (χ1v) is 8.73. The van der Waals surface area contributed by atoms with Gasteiger partial charge >= 0.3 is 5.97 Å². The van der Waals surface area contributed by atoms with Gasteiger partial charge in [-0.2, -0.15) is 5.10 Å². The van der Waals surface area contributed by atoms with Crippen molar-refractivity contribution >= 4 is 28.9 Å². The number of nitro benzene ring substituents is 1. The van der Waals surface area contributed by atoms with E-state index in [2.05, 4.69) is 10.4 Å². The molecule has 0 aliphatic heterocycles. The molecule has 28 heavy (non-hydrogen) atoms. The third-order valence-corrected chi connectivity index (χ3v) is 4.56. The molecule has 0 atom stereocenters. The topological polar surface area (TPSA) is 99.3 Å². The molecule has 9 heteroatoms. The molecule has 0 fully saturated rings. The van der Waals surface area contributed by atoms with Gasteiger partial charge in [-0.3, -0.25) is 10.1 Å². The summed E-state index contributed by atoms with van der Waals surface area (Å²) in [5, 5.41) is 18.5. The van der Waals surface area contributed by atoms with Crippen LogP contribution in [0, 0.1) is 17.0 Å². The van der Waals surface area contributed by atoms with Crippen LogP contribution in [0.4, 0.5) is 11.4 Å². The van der Waals surface area contributed by atoms with E-state index in [1.807, 2.05) is 30.3 Å². The predicted molar refractivity (Wildman–Crippen MR) is 105 cm³/mol. The summed E-state index contributed by atoms with van der Waals surface area (Å²) in [7, 11) is 1.61. The van der Waals surface area contributed by atoms with Crippen molar-refractivity contribution in [2.45, 2.75) is 13.5 Å². The van der Waals surface area contributed by atoms with Crippen LogP contribution >= 0.6 is 11.6 Å². The van der Waals surface area contributed by atoms with Gasteiger partial charge in [0.05, 0.1) is 21.9 Å². The Morgan fingerprint density at radius 2 is 2.00 bits per heavy atom. The lowest BCUT2D eigenvalue weighted by Gasteiger charge is -2.09. The third kappa shape index (κ3) is 3.81. The summed E-state index contributed by atoms with van der Waals surface area (Å²) >= 11 is 6.43. The molecule has 0 radical (unpaired) electrons. The zero-order valence-electron chi connectivity index (χ0n) is 15.2. The first-order valence-electron chi connectivity index (χ1n) is 8.35. The first-order chi connectivity index (χ1) is 13.4. The van der Waals surface area contributed by atoms with E-state index in [1.54, 1.807) is 18.7 Å². The number of ether oxygens (including phenoxy) is 1. The molecule has 0 aliphatic rings. The standard InChI is InChI=1S/C19H17ClN4O4/c1-12-16(18(20)23(22-12)13-6-4-3-5-7-13)11-28-19(25)15-10-14(24(26)27)8-9-17(15)21-2/h3-10,21H,11H2,1-2H3. The van der Waals surface area contributed by atoms with Crippen molar-refractivity contribution in [3.05, 3.63) is 80.6 Å². The van der Waals surface area contributed by atoms with Gasteiger partial charge < -0.3 is 10.1 Å². The molecule has 8 nitrogen and oxygen atoms in total. The van der Waals surface area contributed by atoms with Gasteiger partial charge in [0.15, 0.2) is 0 Å². The molecule has 0 unspecified atom stereocenters. The smallest absolute Gasteiger partial charge is 0.340 e. The number of benzene rings is 2. The van der Waals surface area contributed by atoms with E-state index in [0.29, 0.717) is 22.1 Å². The predicted octanol–water partition coefficient (Wildman–Crippen LogP) is 4.14. The van der Waals surface area contributed by atoms with Crippen LogP contribution in [0.3, 0.4) is 0 Å². The second-order valence-electron chi connectivity index (χ2n) is 5.92. The molecule has 0 bridgehead atoms. The van der Waals surface area contributed by atoms with Crippen LogP contribution in [0.1, 0.15) is 21.6 Å². The van der Waals surface area contributed by atoms with Gasteiger partial charge in [-0.05, 0) is 25.1 Å². The number of aromatic nitrogens is 2. The van der Waals surface area contributed by atoms with E-state index in [-0.39, 0.29) is 17.9 Å². The average molecular weight is 401 g/mol. The van der Waals surface area contributed by atoms with Gasteiger partial charge in [-0.1, -0.05) is 29.8 Å². The summed E-state index contributed by atoms with van der Waals surface area (Å²) in [5.74, 6) is -0.698. The Labute approximate surface area is 165 Å². The number of carbonyl (C=O) groups excluding carboxylic acids is 1. The molecular formula is C19H17ClN4O4. The zero-order chi connectivity index (χ0) is 20.3. The Morgan fingerprint density at radius 3 is 2.64 bits per heavy atom. The number of hydrogen-bond acceptors (Lipinski definition) is 6. The summed E-state index contributed by atoms with van der Waals surface area (Å²) in [6.07, 6.45) is 0. The Balaban J connectivity index is 1.83. The van der Waals surface area contributed by atoms with Gasteiger partial charge in [0, 0.05) is 30.4 Å². The maximum absolute atomic E-state index is 12.5. The van der Waals surface area contributed by atoms with Gasteiger partial charge in [0.1, 0.15) is 11.8 Å². The number of nitro groups is 1. The summed E-state index contributed by atoms with van der Waals surface area (Å²) in [6.45, 7) is 1.66. The highest BCUT2D eigenvalue weighted by molar-refractivity contribution is 6.30. The summed E-state index contributed by atoms with van der Waals surface area (Å²) in [4.78, 5) is 22.9. The van der Waals surface area contributed by atoms with E-state index in [0.717, 1.165) is 5.69 Å². The van der Waals surface area contributed by atoms with Crippen LogP contribution in [0.2, 0.25) is 5.15 Å². The number of esters is 1. The summed E-state index contributed by atoms with van der Waals surface area (Å²) in [5.41, 5.74) is 2.27. The highest BCUT2D eigenvalue weighted by Gasteiger charge is 2.20. The van der Waals surface area contributed by atoms with Gasteiger partial charge in [-0.25, -0.2) is 9.48 Å². The fourth-order valence-corrected chi connectivity index (χ4v) is 3.01. The van der Waals surface area contributed by atoms with Crippen molar-refractivity contribution < 1.29 is 14.5 Å². The number of hydrogen-bond donors (Lipinski definition) is 1. The van der Waals surface area contributed by atoms with Crippen LogP contribution in [0.5, 0.6) is 0 Å². The second kappa shape index (κ2) is 8.10. The number of nitrogens with zero attached hydrogens (tertiary/aromatic N) is 3. The fraction of sp³-hybridized carbons (Fsp3) is 0.158. The molecule has 3 rings (SSSR count). The Hall–Kier alpha value is -3.39. The number of aryl methyl sites for hydroxylation is 1. The number of nitrogens with one attached hydrogen (secondary N) is 1. The van der Waals surface area contributed by atoms with Crippen LogP contribution in [0.15, 0.2) is 48.5 Å². The third-order valence-electron chi connectivity index (χ3n) is 4.17. The van der Waals surface area contributed by atoms with E-state index in [9.17, 15) is 14.9 Å². The van der Waals surface area contributed by atoms with Crippen molar-refractivity contribution in [1.29, 1.82) is 0 Å². The molecule has 3 aromatic rings. The lowest BCUT2D eigenvalue weighted by Crippen LogP contribution is -2.09. The maximum Gasteiger partial charge on any atom is 0.340 e. The quantitative estimate of drug-likeness (QED) is 0.379. The normalized spacial score (nSPS) is 10.5. The molecule has 2 aromatic carbocycles. The minimum atomic E-state index is -0.698. The fourth-order valence-electron chi connectivity index (χ4n) is 2.68. The van der Waals surface area contributed by atoms with Crippen molar-refractivity contribution in [3.63, 3.8) is 0 Å². The number of anilines is 1. The lowest BCUT2D eigenvalue weighted by molar-refractivity contribution is -0.384. The van der Waals surface area contributed by atoms with Crippen LogP contribution in [-0.2, 0) is 11.3 Å². The van der Waals surface area contributed by atoms with Crippen molar-refractivity contribution in [1.82, 2.24) is 9.78 Å². The minimum absolute atomic E-state index is 0.0703. The van der Waals surface area contributed by atoms with E-state index in [4.69, 9.17) is 16.3 Å². The Bertz CT molecular complexity index is 1030. The first kappa shape index (κ1) is 19.4. The van der Waals surface area contributed by atoms with Gasteiger partial charge in [0.25, 0.3) is 5.69 Å². The molecule has 1 N–H and O–H groups in total. The van der Waals surface area contributed by atoms with E-state index >= 15 is 0 Å². The van der Waals surface area contributed by atoms with E-state index < -0.39 is 10.9 Å². The van der Waals surface area contributed by atoms with Crippen molar-refractivity contribution in [3.8, 4) is 5.69 Å². The van der Waals surface area contributed by atoms with Crippen LogP contribution < -0.4 is 5.32 Å². The van der Waals surface area contributed by atoms with Crippen LogP contribution in [-0.4, -0.2) is 27.7 Å². The second-order valence-corrected chi connectivity index (χ2v) is 6.27. The molecule has 1 aromatic heterocycles. The van der Waals surface area contributed by atoms with Crippen LogP contribution in [0.25, 0.3) is 5.69 Å². The Kier molecular flexibility index (Phi) is 5.60. The molecule has 0 saturated heterocycles. The number of rotatable bonds is 6. The molecule has 144 valence electrons. The molecule has 1 heterocycles. The molecular weight excluding hydrogens is 384 g/mol. The monoisotopic (exact) mass is 400 g/mol. The summed E-state index contributed by atoms with van der Waals surface area (Å²) in [6, 6.07) is 13.3. The zero-order valence-corrected chi connectivity index (χ0v) is 15.9. The SMILES string of the molecule is CNc1ccc([N+](=O)[O-])cc1C(=O)OCc1c(C)nn(-c2ccccc2)c1Cl. The van der Waals surface area contributed by atoms with Gasteiger partial charge in [-0.15, -0.1) is 0 Å². The maximum atomic E-state index is 12.5. The number of halogens is 1. The number of non-ortho nitro benzene ring substituents is 1. The minimum Gasteiger partial charge on any atom is -0.457 e. The molecule has 0 amide bonds. The molecule has 0 spiro atoms. The van der Waals surface area contributed by atoms with Crippen molar-refractivity contribution in [2.24, 2.45) is 0 Å². The highest BCUT2D eigenvalue weighted by Crippen LogP contribution is 2.26. The van der Waals surface area contributed by atoms with Crippen molar-refractivity contribution in [2.75, 3.05) is 12.4 Å².